The fourth-order valence-electron chi connectivity index (χ4n) is 2.84. The summed E-state index contributed by atoms with van der Waals surface area (Å²) >= 11 is 5.89. The van der Waals surface area contributed by atoms with Crippen molar-refractivity contribution in [2.75, 3.05) is 0 Å². The fraction of sp³-hybridized carbons (Fsp3) is 0.571. The first-order chi connectivity index (χ1) is 8.88. The molecule has 1 fully saturated rings. The second-order valence-electron chi connectivity index (χ2n) is 5.25. The Hall–Kier alpha value is -0.740. The molecule has 2 rings (SSSR count). The van der Waals surface area contributed by atoms with Crippen molar-refractivity contribution < 1.29 is 13.2 Å². The molecule has 1 aliphatic carbocycles. The lowest BCUT2D eigenvalue weighted by atomic mass is 9.76. The molecule has 1 nitrogen and oxygen atoms in total. The zero-order valence-electron chi connectivity index (χ0n) is 10.5. The van der Waals surface area contributed by atoms with E-state index in [2.05, 4.69) is 0 Å². The topological polar surface area (TPSA) is 26.0 Å². The maximum atomic E-state index is 12.8. The van der Waals surface area contributed by atoms with Gasteiger partial charge in [-0.2, -0.15) is 13.2 Å². The van der Waals surface area contributed by atoms with Gasteiger partial charge in [-0.1, -0.05) is 30.2 Å². The van der Waals surface area contributed by atoms with Gasteiger partial charge in [0.15, 0.2) is 0 Å². The number of nitrogens with two attached hydrogens (primary N) is 1. The summed E-state index contributed by atoms with van der Waals surface area (Å²) in [5.41, 5.74) is 6.94. The Kier molecular flexibility index (Phi) is 4.41. The summed E-state index contributed by atoms with van der Waals surface area (Å²) in [6, 6.07) is 6.71. The van der Waals surface area contributed by atoms with Crippen LogP contribution >= 0.6 is 11.6 Å². The third-order valence-electron chi connectivity index (χ3n) is 3.92. The average molecular weight is 292 g/mol. The van der Waals surface area contributed by atoms with E-state index < -0.39 is 12.1 Å². The van der Waals surface area contributed by atoms with Crippen molar-refractivity contribution in [3.05, 3.63) is 34.9 Å². The highest BCUT2D eigenvalue weighted by atomic mass is 35.5. The van der Waals surface area contributed by atoms with Crippen molar-refractivity contribution in [1.82, 2.24) is 0 Å². The summed E-state index contributed by atoms with van der Waals surface area (Å²) in [7, 11) is 0. The first-order valence-corrected chi connectivity index (χ1v) is 6.83. The van der Waals surface area contributed by atoms with Crippen molar-refractivity contribution >= 4 is 11.6 Å². The molecular formula is C14H17ClF3N. The van der Waals surface area contributed by atoms with Crippen molar-refractivity contribution in [3.8, 4) is 0 Å². The standard InChI is InChI=1S/C14H17ClF3N/c15-12-6-2-4-10(8-12)13(19)9-3-1-5-11(7-9)14(16,17)18/h2,4,6,8-9,11,13H,1,3,5,7,19H2. The van der Waals surface area contributed by atoms with Gasteiger partial charge in [0.1, 0.15) is 0 Å². The number of hydrogen-bond acceptors (Lipinski definition) is 1. The normalized spacial score (nSPS) is 26.2. The number of alkyl halides is 3. The molecule has 2 N–H and O–H groups in total. The van der Waals surface area contributed by atoms with Crippen LogP contribution in [0.25, 0.3) is 0 Å². The molecule has 0 heterocycles. The molecule has 0 aliphatic heterocycles. The van der Waals surface area contributed by atoms with Gasteiger partial charge in [-0.05, 0) is 42.9 Å². The summed E-state index contributed by atoms with van der Waals surface area (Å²) in [6.07, 6.45) is -2.42. The Labute approximate surface area is 115 Å². The molecule has 1 saturated carbocycles. The van der Waals surface area contributed by atoms with Gasteiger partial charge in [0.05, 0.1) is 5.92 Å². The van der Waals surface area contributed by atoms with Crippen LogP contribution in [0.3, 0.4) is 0 Å². The number of hydrogen-bond donors (Lipinski definition) is 1. The molecule has 3 atom stereocenters. The smallest absolute Gasteiger partial charge is 0.324 e. The SMILES string of the molecule is NC(c1cccc(Cl)c1)C1CCCC(C(F)(F)F)C1. The lowest BCUT2D eigenvalue weighted by Crippen LogP contribution is -2.33. The quantitative estimate of drug-likeness (QED) is 0.839. The van der Waals surface area contributed by atoms with Gasteiger partial charge < -0.3 is 5.73 Å². The van der Waals surface area contributed by atoms with E-state index in [1.165, 1.54) is 0 Å². The van der Waals surface area contributed by atoms with Crippen LogP contribution in [0.2, 0.25) is 5.02 Å². The minimum Gasteiger partial charge on any atom is -0.324 e. The van der Waals surface area contributed by atoms with Crippen LogP contribution in [0.5, 0.6) is 0 Å². The zero-order valence-corrected chi connectivity index (χ0v) is 11.2. The van der Waals surface area contributed by atoms with Gasteiger partial charge in [-0.25, -0.2) is 0 Å². The van der Waals surface area contributed by atoms with E-state index in [-0.39, 0.29) is 24.8 Å². The Morgan fingerprint density at radius 3 is 2.63 bits per heavy atom. The predicted octanol–water partition coefficient (Wildman–Crippen LogP) is 4.71. The van der Waals surface area contributed by atoms with E-state index in [1.54, 1.807) is 18.2 Å². The second-order valence-corrected chi connectivity index (χ2v) is 5.68. The van der Waals surface area contributed by atoms with E-state index in [9.17, 15) is 13.2 Å². The van der Waals surface area contributed by atoms with E-state index in [1.807, 2.05) is 6.07 Å². The van der Waals surface area contributed by atoms with Crippen LogP contribution in [0.1, 0.15) is 37.3 Å². The van der Waals surface area contributed by atoms with Crippen molar-refractivity contribution in [2.24, 2.45) is 17.6 Å². The van der Waals surface area contributed by atoms with Gasteiger partial charge in [-0.15, -0.1) is 0 Å². The van der Waals surface area contributed by atoms with Gasteiger partial charge >= 0.3 is 6.18 Å². The van der Waals surface area contributed by atoms with E-state index in [0.717, 1.165) is 12.0 Å². The Balaban J connectivity index is 2.09. The fourth-order valence-corrected chi connectivity index (χ4v) is 3.04. The van der Waals surface area contributed by atoms with E-state index in [0.29, 0.717) is 11.4 Å². The third-order valence-corrected chi connectivity index (χ3v) is 4.15. The molecule has 0 aromatic heterocycles. The van der Waals surface area contributed by atoms with Crippen molar-refractivity contribution in [3.63, 3.8) is 0 Å². The monoisotopic (exact) mass is 291 g/mol. The Bertz CT molecular complexity index is 433. The predicted molar refractivity (Wildman–Crippen MR) is 69.9 cm³/mol. The van der Waals surface area contributed by atoms with Crippen LogP contribution in [0.15, 0.2) is 24.3 Å². The molecule has 0 saturated heterocycles. The summed E-state index contributed by atoms with van der Waals surface area (Å²) in [5, 5.41) is 0.566. The van der Waals surface area contributed by atoms with Gasteiger partial charge in [-0.3, -0.25) is 0 Å². The highest BCUT2D eigenvalue weighted by molar-refractivity contribution is 6.30. The lowest BCUT2D eigenvalue weighted by Gasteiger charge is -2.34. The third kappa shape index (κ3) is 3.63. The molecule has 0 bridgehead atoms. The van der Waals surface area contributed by atoms with Crippen LogP contribution in [-0.4, -0.2) is 6.18 Å². The van der Waals surface area contributed by atoms with E-state index in [4.69, 9.17) is 17.3 Å². The maximum absolute atomic E-state index is 12.8. The van der Waals surface area contributed by atoms with Crippen molar-refractivity contribution in [1.29, 1.82) is 0 Å². The molecular weight excluding hydrogens is 275 g/mol. The zero-order chi connectivity index (χ0) is 14.0. The highest BCUT2D eigenvalue weighted by Gasteiger charge is 2.43. The number of rotatable bonds is 2. The minimum absolute atomic E-state index is 0.122. The first kappa shape index (κ1) is 14.7. The maximum Gasteiger partial charge on any atom is 0.391 e. The second kappa shape index (κ2) is 5.71. The highest BCUT2D eigenvalue weighted by Crippen LogP contribution is 2.43. The van der Waals surface area contributed by atoms with Gasteiger partial charge in [0, 0.05) is 11.1 Å². The molecule has 0 amide bonds. The molecule has 1 aromatic rings. The largest absolute Gasteiger partial charge is 0.391 e. The molecule has 1 aliphatic rings. The number of benzene rings is 1. The van der Waals surface area contributed by atoms with Crippen LogP contribution in [0, 0.1) is 11.8 Å². The van der Waals surface area contributed by atoms with Crippen molar-refractivity contribution in [2.45, 2.75) is 37.9 Å². The average Bonchev–Trinajstić information content (AvgIpc) is 2.37. The van der Waals surface area contributed by atoms with Crippen LogP contribution < -0.4 is 5.73 Å². The van der Waals surface area contributed by atoms with Gasteiger partial charge in [0.2, 0.25) is 0 Å². The summed E-state index contributed by atoms with van der Waals surface area (Å²) in [4.78, 5) is 0. The molecule has 0 spiro atoms. The van der Waals surface area contributed by atoms with E-state index >= 15 is 0 Å². The van der Waals surface area contributed by atoms with Crippen LogP contribution in [0.4, 0.5) is 13.2 Å². The Morgan fingerprint density at radius 1 is 1.26 bits per heavy atom. The number of halogens is 4. The summed E-state index contributed by atoms with van der Waals surface area (Å²) in [5.74, 6) is -1.34. The summed E-state index contributed by atoms with van der Waals surface area (Å²) < 4.78 is 38.3. The molecule has 5 heteroatoms. The molecule has 106 valence electrons. The Morgan fingerprint density at radius 2 is 2.00 bits per heavy atom. The van der Waals surface area contributed by atoms with Gasteiger partial charge in [0.25, 0.3) is 0 Å². The van der Waals surface area contributed by atoms with Crippen LogP contribution in [-0.2, 0) is 0 Å². The molecule has 0 radical (unpaired) electrons. The summed E-state index contributed by atoms with van der Waals surface area (Å²) in [6.45, 7) is 0. The molecule has 3 unspecified atom stereocenters. The first-order valence-electron chi connectivity index (χ1n) is 6.45. The minimum atomic E-state index is -4.10. The molecule has 19 heavy (non-hydrogen) atoms. The lowest BCUT2D eigenvalue weighted by molar-refractivity contribution is -0.186. The molecule has 1 aromatic carbocycles.